The van der Waals surface area contributed by atoms with Crippen molar-refractivity contribution in [2.45, 2.75) is 27.6 Å². The number of rotatable bonds is 0. The smallest absolute Gasteiger partial charge is 0.427 e. The van der Waals surface area contributed by atoms with Gasteiger partial charge in [-0.3, -0.25) is 0 Å². The summed E-state index contributed by atoms with van der Waals surface area (Å²) in [6.45, 7) is 7.98. The van der Waals surface area contributed by atoms with E-state index in [-0.39, 0.29) is 0 Å². The molecule has 2 nitrogen and oxygen atoms in total. The van der Waals surface area contributed by atoms with Crippen LogP contribution < -0.4 is 0 Å². The lowest BCUT2D eigenvalue weighted by atomic mass is 9.90. The van der Waals surface area contributed by atoms with Gasteiger partial charge in [0.1, 0.15) is 0 Å². The lowest BCUT2D eigenvalue weighted by Gasteiger charge is -2.14. The summed E-state index contributed by atoms with van der Waals surface area (Å²) < 4.78 is 0. The van der Waals surface area contributed by atoms with E-state index >= 15 is 0 Å². The second-order valence-electron chi connectivity index (χ2n) is 11.2. The Morgan fingerprint density at radius 3 is 1.40 bits per heavy atom. The lowest BCUT2D eigenvalue weighted by molar-refractivity contribution is 0.417. The Labute approximate surface area is 253 Å². The average molecular weight is 559 g/mol. The number of benzene rings is 8. The van der Waals surface area contributed by atoms with Crippen molar-refractivity contribution in [2.24, 2.45) is 0 Å². The minimum Gasteiger partial charge on any atom is -0.427 e. The molecular weight excluding hydrogens is 523 g/mol. The number of aryl methyl sites for hydroxylation is 3. The predicted molar refractivity (Wildman–Crippen MR) is 188 cm³/mol. The van der Waals surface area contributed by atoms with Gasteiger partial charge in [-0.1, -0.05) is 121 Å². The van der Waals surface area contributed by atoms with Gasteiger partial charge in [0.2, 0.25) is 0 Å². The van der Waals surface area contributed by atoms with E-state index in [2.05, 4.69) is 148 Å². The fourth-order valence-corrected chi connectivity index (χ4v) is 6.45. The molecule has 0 aliphatic carbocycles. The highest BCUT2D eigenvalue weighted by atomic mass is 16.4. The van der Waals surface area contributed by atoms with E-state index in [1.807, 2.05) is 0 Å². The van der Waals surface area contributed by atoms with Gasteiger partial charge in [-0.2, -0.15) is 0 Å². The Bertz CT molecular complexity index is 2260. The first-order valence-electron chi connectivity index (χ1n) is 14.8. The quantitative estimate of drug-likeness (QED) is 0.110. The van der Waals surface area contributed by atoms with Crippen molar-refractivity contribution in [2.75, 3.05) is 0 Å². The Hall–Kier alpha value is -4.70. The Balaban J connectivity index is 0.000000137. The number of fused-ring (bicyclic) bond motifs is 8. The Morgan fingerprint density at radius 1 is 0.372 bits per heavy atom. The molecule has 8 rings (SSSR count). The molecule has 0 atom stereocenters. The van der Waals surface area contributed by atoms with Gasteiger partial charge in [-0.25, -0.2) is 0 Å². The highest BCUT2D eigenvalue weighted by Crippen LogP contribution is 2.36. The number of hydrogen-bond acceptors (Lipinski definition) is 2. The molecule has 0 saturated carbocycles. The van der Waals surface area contributed by atoms with E-state index in [1.54, 1.807) is 0 Å². The molecule has 0 aliphatic heterocycles. The van der Waals surface area contributed by atoms with Crippen LogP contribution in [0, 0.1) is 20.8 Å². The van der Waals surface area contributed by atoms with Crippen molar-refractivity contribution < 1.29 is 10.0 Å². The molecule has 0 unspecified atom stereocenters. The van der Waals surface area contributed by atoms with Crippen LogP contribution in [-0.2, 0) is 0 Å². The molecule has 0 heterocycles. The van der Waals surface area contributed by atoms with Gasteiger partial charge in [0.15, 0.2) is 0 Å². The molecule has 3 heteroatoms. The summed E-state index contributed by atoms with van der Waals surface area (Å²) in [4.78, 5) is 0. The minimum atomic E-state index is -1.17. The molecule has 0 fully saturated rings. The second kappa shape index (κ2) is 11.9. The van der Waals surface area contributed by atoms with Crippen molar-refractivity contribution in [3.8, 4) is 0 Å². The van der Waals surface area contributed by atoms with Crippen LogP contribution in [0.15, 0.2) is 127 Å². The van der Waals surface area contributed by atoms with Crippen molar-refractivity contribution in [3.63, 3.8) is 0 Å². The summed E-state index contributed by atoms with van der Waals surface area (Å²) in [6.07, 6.45) is 0. The molecule has 0 aliphatic rings. The van der Waals surface area contributed by atoms with Crippen LogP contribution in [0.25, 0.3) is 64.6 Å². The molecule has 0 aromatic heterocycles. The van der Waals surface area contributed by atoms with Crippen molar-refractivity contribution in [3.05, 3.63) is 144 Å². The lowest BCUT2D eigenvalue weighted by Crippen LogP contribution is -2.00. The van der Waals surface area contributed by atoms with Crippen molar-refractivity contribution in [1.82, 2.24) is 0 Å². The summed E-state index contributed by atoms with van der Waals surface area (Å²) in [5.74, 6) is 0. The zero-order chi connectivity index (χ0) is 30.1. The van der Waals surface area contributed by atoms with Gasteiger partial charge in [-0.05, 0) is 115 Å². The van der Waals surface area contributed by atoms with Crippen molar-refractivity contribution in [1.29, 1.82) is 0 Å². The third-order valence-electron chi connectivity index (χ3n) is 8.48. The molecule has 210 valence electrons. The second-order valence-corrected chi connectivity index (χ2v) is 11.2. The maximum absolute atomic E-state index is 7.61. The molecule has 43 heavy (non-hydrogen) atoms. The van der Waals surface area contributed by atoms with Gasteiger partial charge in [0.05, 0.1) is 0 Å². The zero-order valence-corrected chi connectivity index (χ0v) is 25.1. The molecule has 8 aromatic carbocycles. The molecule has 2 N–H and O–H groups in total. The first-order valence-corrected chi connectivity index (χ1v) is 14.8. The Kier molecular flexibility index (Phi) is 7.86. The summed E-state index contributed by atoms with van der Waals surface area (Å²) in [5.41, 5.74) is 4.14. The summed E-state index contributed by atoms with van der Waals surface area (Å²) in [7, 11) is -1.17. The van der Waals surface area contributed by atoms with Gasteiger partial charge >= 0.3 is 7.12 Å². The molecular formula is C40H35BO2. The zero-order valence-electron chi connectivity index (χ0n) is 25.1. The molecule has 8 aromatic rings. The molecule has 0 amide bonds. The fraction of sp³-hybridized carbons (Fsp3) is 0.100. The van der Waals surface area contributed by atoms with Gasteiger partial charge in [0.25, 0.3) is 0 Å². The van der Waals surface area contributed by atoms with E-state index in [9.17, 15) is 0 Å². The maximum atomic E-state index is 7.61. The average Bonchev–Trinajstić information content (AvgIpc) is 3.03. The molecule has 0 saturated heterocycles. The van der Waals surface area contributed by atoms with E-state index in [4.69, 9.17) is 10.0 Å². The summed E-state index contributed by atoms with van der Waals surface area (Å²) in [5, 5.41) is 31.5. The first-order chi connectivity index (χ1) is 20.8. The first kappa shape index (κ1) is 28.4. The largest absolute Gasteiger partial charge is 0.448 e. The van der Waals surface area contributed by atoms with Gasteiger partial charge < -0.3 is 10.0 Å². The normalized spacial score (nSPS) is 11.0. The topological polar surface area (TPSA) is 40.5 Å². The van der Waals surface area contributed by atoms with E-state index in [0.717, 1.165) is 0 Å². The standard InChI is InChI=1S/C20H16.C19H14.CH5BO2/c1-13-16-8-5-6-9-17(16)14(2)20-18(13)12-11-15-7-3-4-10-19(15)20;1-13-16-8-4-3-7-15(16)12-19-17(13)11-10-14-6-2-5-9-18(14)19;1-2(3)4/h3-12H,1-2H3;2-12H,1H3;3-4H,1H3. The van der Waals surface area contributed by atoms with Crippen LogP contribution in [-0.4, -0.2) is 17.2 Å². The SMILES string of the molecule is CB(O)O.Cc1c2ccccc2c(C)c2c1ccc1ccccc12.Cc1c2ccccc2cc2c1ccc1ccccc12. The van der Waals surface area contributed by atoms with Crippen LogP contribution in [0.4, 0.5) is 0 Å². The third-order valence-corrected chi connectivity index (χ3v) is 8.48. The van der Waals surface area contributed by atoms with Gasteiger partial charge in [0, 0.05) is 0 Å². The van der Waals surface area contributed by atoms with Crippen molar-refractivity contribution >= 4 is 71.8 Å². The monoisotopic (exact) mass is 558 g/mol. The summed E-state index contributed by atoms with van der Waals surface area (Å²) >= 11 is 0. The fourth-order valence-electron chi connectivity index (χ4n) is 6.45. The van der Waals surface area contributed by atoms with Crippen LogP contribution in [0.1, 0.15) is 16.7 Å². The molecule has 0 radical (unpaired) electrons. The highest BCUT2D eigenvalue weighted by Gasteiger charge is 2.11. The van der Waals surface area contributed by atoms with Crippen LogP contribution in [0.3, 0.4) is 0 Å². The third kappa shape index (κ3) is 5.34. The number of hydrogen-bond donors (Lipinski definition) is 2. The van der Waals surface area contributed by atoms with Crippen LogP contribution >= 0.6 is 0 Å². The minimum absolute atomic E-state index is 1.17. The van der Waals surface area contributed by atoms with E-state index < -0.39 is 7.12 Å². The Morgan fingerprint density at radius 2 is 0.767 bits per heavy atom. The van der Waals surface area contributed by atoms with E-state index in [0.29, 0.717) is 0 Å². The molecule has 0 bridgehead atoms. The molecule has 0 spiro atoms. The van der Waals surface area contributed by atoms with Crippen LogP contribution in [0.2, 0.25) is 6.82 Å². The van der Waals surface area contributed by atoms with Crippen LogP contribution in [0.5, 0.6) is 0 Å². The highest BCUT2D eigenvalue weighted by molar-refractivity contribution is 6.39. The summed E-state index contributed by atoms with van der Waals surface area (Å²) in [6, 6.07) is 45.9. The van der Waals surface area contributed by atoms with Gasteiger partial charge in [-0.15, -0.1) is 0 Å². The van der Waals surface area contributed by atoms with E-state index in [1.165, 1.54) is 88.1 Å². The predicted octanol–water partition coefficient (Wildman–Crippen LogP) is 10.3. The maximum Gasteiger partial charge on any atom is 0.448 e.